The Kier molecular flexibility index (Phi) is 7.14. The highest BCUT2D eigenvalue weighted by atomic mass is 32.2. The molecule has 0 aliphatic heterocycles. The molecule has 0 spiro atoms. The maximum atomic E-state index is 12.2. The summed E-state index contributed by atoms with van der Waals surface area (Å²) in [5, 5.41) is 0. The second kappa shape index (κ2) is 7.21. The van der Waals surface area contributed by atoms with E-state index >= 15 is 0 Å². The van der Waals surface area contributed by atoms with Crippen molar-refractivity contribution in [2.24, 2.45) is 5.73 Å². The first kappa shape index (κ1) is 15.8. The van der Waals surface area contributed by atoms with Gasteiger partial charge in [0.15, 0.2) is 0 Å². The lowest BCUT2D eigenvalue weighted by atomic mass is 10.3. The largest absolute Gasteiger partial charge is 0.329 e. The molecule has 0 amide bonds. The molecule has 0 heterocycles. The Morgan fingerprint density at radius 2 is 1.81 bits per heavy atom. The van der Waals surface area contributed by atoms with Gasteiger partial charge in [-0.05, 0) is 20.3 Å². The Labute approximate surface area is 99.8 Å². The van der Waals surface area contributed by atoms with Crippen molar-refractivity contribution in [3.63, 3.8) is 0 Å². The molecule has 0 rings (SSSR count). The zero-order chi connectivity index (χ0) is 12.8. The molecular formula is C10H25N3O2S. The normalized spacial score (nSPS) is 13.0. The third kappa shape index (κ3) is 4.37. The van der Waals surface area contributed by atoms with E-state index in [0.29, 0.717) is 19.6 Å². The Balaban J connectivity index is 4.74. The number of hydrogen-bond acceptors (Lipinski definition) is 3. The number of nitrogens with zero attached hydrogens (tertiary/aromatic N) is 2. The van der Waals surface area contributed by atoms with Crippen LogP contribution in [0.15, 0.2) is 0 Å². The van der Waals surface area contributed by atoms with Crippen LogP contribution in [0.3, 0.4) is 0 Å². The van der Waals surface area contributed by atoms with Crippen LogP contribution >= 0.6 is 0 Å². The predicted molar refractivity (Wildman–Crippen MR) is 67.4 cm³/mol. The van der Waals surface area contributed by atoms with Crippen LogP contribution < -0.4 is 5.73 Å². The highest BCUT2D eigenvalue weighted by molar-refractivity contribution is 7.86. The summed E-state index contributed by atoms with van der Waals surface area (Å²) in [6, 6.07) is -0.0353. The first-order valence-corrected chi connectivity index (χ1v) is 7.20. The molecule has 0 saturated carbocycles. The zero-order valence-electron chi connectivity index (χ0n) is 10.8. The van der Waals surface area contributed by atoms with E-state index in [1.54, 1.807) is 7.05 Å². The summed E-state index contributed by atoms with van der Waals surface area (Å²) in [5.74, 6) is 0. The van der Waals surface area contributed by atoms with Gasteiger partial charge in [-0.2, -0.15) is 17.0 Å². The van der Waals surface area contributed by atoms with Crippen molar-refractivity contribution >= 4 is 10.2 Å². The minimum atomic E-state index is -3.35. The van der Waals surface area contributed by atoms with Gasteiger partial charge in [0.1, 0.15) is 0 Å². The SMILES string of the molecule is CCCCN(CCN)S(=O)(=O)N(C)C(C)C. The first-order chi connectivity index (χ1) is 7.37. The van der Waals surface area contributed by atoms with Crippen molar-refractivity contribution in [1.29, 1.82) is 0 Å². The minimum Gasteiger partial charge on any atom is -0.329 e. The lowest BCUT2D eigenvalue weighted by molar-refractivity contribution is 0.334. The monoisotopic (exact) mass is 251 g/mol. The van der Waals surface area contributed by atoms with Gasteiger partial charge in [-0.15, -0.1) is 0 Å². The predicted octanol–water partition coefficient (Wildman–Crippen LogP) is 0.632. The average molecular weight is 251 g/mol. The highest BCUT2D eigenvalue weighted by Crippen LogP contribution is 2.10. The molecule has 0 aromatic carbocycles. The standard InChI is InChI=1S/C10H25N3O2S/c1-5-6-8-13(9-7-11)16(14,15)12(4)10(2)3/h10H,5-9,11H2,1-4H3. The Morgan fingerprint density at radius 1 is 1.25 bits per heavy atom. The molecular weight excluding hydrogens is 226 g/mol. The Bertz CT molecular complexity index is 278. The van der Waals surface area contributed by atoms with Crippen LogP contribution in [-0.4, -0.2) is 49.8 Å². The highest BCUT2D eigenvalue weighted by Gasteiger charge is 2.27. The van der Waals surface area contributed by atoms with Crippen molar-refractivity contribution in [3.05, 3.63) is 0 Å². The lowest BCUT2D eigenvalue weighted by Gasteiger charge is -2.29. The molecule has 0 atom stereocenters. The molecule has 2 N–H and O–H groups in total. The Hall–Kier alpha value is -0.170. The van der Waals surface area contributed by atoms with Crippen molar-refractivity contribution in [2.75, 3.05) is 26.7 Å². The van der Waals surface area contributed by atoms with E-state index in [-0.39, 0.29) is 6.04 Å². The van der Waals surface area contributed by atoms with Gasteiger partial charge in [0.25, 0.3) is 10.2 Å². The molecule has 0 fully saturated rings. The minimum absolute atomic E-state index is 0.0353. The van der Waals surface area contributed by atoms with E-state index < -0.39 is 10.2 Å². The quantitative estimate of drug-likeness (QED) is 0.688. The molecule has 6 heteroatoms. The van der Waals surface area contributed by atoms with Gasteiger partial charge in [0.2, 0.25) is 0 Å². The molecule has 5 nitrogen and oxygen atoms in total. The van der Waals surface area contributed by atoms with Crippen molar-refractivity contribution in [3.8, 4) is 0 Å². The summed E-state index contributed by atoms with van der Waals surface area (Å²) in [4.78, 5) is 0. The van der Waals surface area contributed by atoms with Crippen molar-refractivity contribution in [1.82, 2.24) is 8.61 Å². The van der Waals surface area contributed by atoms with Gasteiger partial charge < -0.3 is 5.73 Å². The Morgan fingerprint density at radius 3 is 2.19 bits per heavy atom. The fraction of sp³-hybridized carbons (Fsp3) is 1.00. The molecule has 0 bridgehead atoms. The van der Waals surface area contributed by atoms with Crippen LogP contribution in [0.5, 0.6) is 0 Å². The molecule has 16 heavy (non-hydrogen) atoms. The average Bonchev–Trinajstić information content (AvgIpc) is 2.22. The van der Waals surface area contributed by atoms with E-state index in [1.165, 1.54) is 8.61 Å². The molecule has 0 aliphatic rings. The third-order valence-corrected chi connectivity index (χ3v) is 4.72. The second-order valence-corrected chi connectivity index (χ2v) is 6.15. The summed E-state index contributed by atoms with van der Waals surface area (Å²) < 4.78 is 27.2. The summed E-state index contributed by atoms with van der Waals surface area (Å²) in [5.41, 5.74) is 5.45. The summed E-state index contributed by atoms with van der Waals surface area (Å²) in [7, 11) is -1.74. The van der Waals surface area contributed by atoms with Crippen LogP contribution in [0.1, 0.15) is 33.6 Å². The molecule has 0 aromatic heterocycles. The van der Waals surface area contributed by atoms with Crippen LogP contribution in [0.25, 0.3) is 0 Å². The molecule has 0 unspecified atom stereocenters. The topological polar surface area (TPSA) is 66.6 Å². The number of nitrogens with two attached hydrogens (primary N) is 1. The van der Waals surface area contributed by atoms with Crippen molar-refractivity contribution < 1.29 is 8.42 Å². The fourth-order valence-electron chi connectivity index (χ4n) is 1.27. The number of hydrogen-bond donors (Lipinski definition) is 1. The van der Waals surface area contributed by atoms with E-state index in [0.717, 1.165) is 12.8 Å². The summed E-state index contributed by atoms with van der Waals surface area (Å²) in [6.07, 6.45) is 1.84. The molecule has 0 radical (unpaired) electrons. The molecule has 0 aromatic rings. The van der Waals surface area contributed by atoms with Crippen LogP contribution in [0.2, 0.25) is 0 Å². The van der Waals surface area contributed by atoms with E-state index in [1.807, 2.05) is 20.8 Å². The summed E-state index contributed by atoms with van der Waals surface area (Å²) >= 11 is 0. The van der Waals surface area contributed by atoms with Gasteiger partial charge >= 0.3 is 0 Å². The lowest BCUT2D eigenvalue weighted by Crippen LogP contribution is -2.46. The molecule has 0 aliphatic carbocycles. The van der Waals surface area contributed by atoms with Gasteiger partial charge in [-0.1, -0.05) is 13.3 Å². The van der Waals surface area contributed by atoms with Crippen LogP contribution in [-0.2, 0) is 10.2 Å². The van der Waals surface area contributed by atoms with Gasteiger partial charge in [-0.25, -0.2) is 0 Å². The first-order valence-electron chi connectivity index (χ1n) is 5.81. The van der Waals surface area contributed by atoms with E-state index in [2.05, 4.69) is 0 Å². The molecule has 0 saturated heterocycles. The van der Waals surface area contributed by atoms with Gasteiger partial charge in [0, 0.05) is 32.7 Å². The van der Waals surface area contributed by atoms with Crippen molar-refractivity contribution in [2.45, 2.75) is 39.7 Å². The second-order valence-electron chi connectivity index (χ2n) is 4.16. The number of rotatable bonds is 8. The zero-order valence-corrected chi connectivity index (χ0v) is 11.6. The smallest absolute Gasteiger partial charge is 0.281 e. The van der Waals surface area contributed by atoms with Crippen LogP contribution in [0, 0.1) is 0 Å². The van der Waals surface area contributed by atoms with E-state index in [4.69, 9.17) is 5.73 Å². The fourth-order valence-corrected chi connectivity index (χ4v) is 2.86. The van der Waals surface area contributed by atoms with E-state index in [9.17, 15) is 8.42 Å². The van der Waals surface area contributed by atoms with Crippen LogP contribution in [0.4, 0.5) is 0 Å². The van der Waals surface area contributed by atoms with Gasteiger partial charge in [0.05, 0.1) is 0 Å². The number of unbranched alkanes of at least 4 members (excludes halogenated alkanes) is 1. The maximum Gasteiger partial charge on any atom is 0.281 e. The van der Waals surface area contributed by atoms with Gasteiger partial charge in [-0.3, -0.25) is 0 Å². The third-order valence-electron chi connectivity index (χ3n) is 2.56. The maximum absolute atomic E-state index is 12.2. The summed E-state index contributed by atoms with van der Waals surface area (Å²) in [6.45, 7) is 7.05. The molecule has 98 valence electrons.